The topological polar surface area (TPSA) is 19.9 Å². The SMILES string of the molecule is CC1(C)CCCC(C)(C)[N+]1([O])CCc1ccccc1. The number of likely N-dealkylation sites (tertiary alicyclic amines) is 1. The fourth-order valence-electron chi connectivity index (χ4n) is 3.67. The number of quaternary nitrogens is 1. The van der Waals surface area contributed by atoms with E-state index in [1.54, 1.807) is 0 Å². The normalized spacial score (nSPS) is 24.1. The zero-order chi connectivity index (χ0) is 14.1. The Morgan fingerprint density at radius 3 is 2.05 bits per heavy atom. The summed E-state index contributed by atoms with van der Waals surface area (Å²) in [6.07, 6.45) is 4.12. The molecule has 2 rings (SSSR count). The molecule has 105 valence electrons. The van der Waals surface area contributed by atoms with Crippen molar-refractivity contribution in [2.75, 3.05) is 6.54 Å². The minimum atomic E-state index is -0.170. The largest absolute Gasteiger partial charge is 0.133 e. The molecule has 19 heavy (non-hydrogen) atoms. The Labute approximate surface area is 117 Å². The quantitative estimate of drug-likeness (QED) is 0.729. The summed E-state index contributed by atoms with van der Waals surface area (Å²) in [6.45, 7) is 9.26. The Morgan fingerprint density at radius 1 is 1.00 bits per heavy atom. The molecule has 0 aromatic heterocycles. The van der Waals surface area contributed by atoms with Gasteiger partial charge in [-0.3, -0.25) is 0 Å². The van der Waals surface area contributed by atoms with Gasteiger partial charge in [-0.1, -0.05) is 30.3 Å². The molecule has 1 aromatic rings. The average molecular weight is 261 g/mol. The van der Waals surface area contributed by atoms with Gasteiger partial charge in [0.25, 0.3) is 0 Å². The van der Waals surface area contributed by atoms with Gasteiger partial charge >= 0.3 is 0 Å². The molecule has 1 aromatic carbocycles. The Morgan fingerprint density at radius 2 is 1.53 bits per heavy atom. The lowest BCUT2D eigenvalue weighted by Gasteiger charge is -2.53. The number of piperidine rings is 1. The Balaban J connectivity index is 2.18. The highest BCUT2D eigenvalue weighted by atomic mass is 16.6. The summed E-state index contributed by atoms with van der Waals surface area (Å²) in [5.41, 5.74) is 0.931. The van der Waals surface area contributed by atoms with Crippen LogP contribution in [-0.2, 0) is 11.6 Å². The maximum Gasteiger partial charge on any atom is 0.127 e. The third kappa shape index (κ3) is 2.56. The minimum absolute atomic E-state index is 0.0606. The molecule has 0 atom stereocenters. The first-order valence-corrected chi connectivity index (χ1v) is 7.42. The maximum absolute atomic E-state index is 13.5. The maximum atomic E-state index is 13.5. The van der Waals surface area contributed by atoms with Crippen LogP contribution in [0.4, 0.5) is 0 Å². The van der Waals surface area contributed by atoms with E-state index in [9.17, 15) is 5.21 Å². The molecule has 0 saturated carbocycles. The van der Waals surface area contributed by atoms with E-state index in [4.69, 9.17) is 0 Å². The van der Waals surface area contributed by atoms with Crippen LogP contribution in [-0.4, -0.2) is 22.3 Å². The predicted octanol–water partition coefficient (Wildman–Crippen LogP) is 4.13. The summed E-state index contributed by atoms with van der Waals surface area (Å²) in [5, 5.41) is 13.5. The zero-order valence-electron chi connectivity index (χ0n) is 12.8. The Bertz CT molecular complexity index is 406. The number of hydroxylamine groups is 3. The van der Waals surface area contributed by atoms with Crippen LogP contribution in [0.3, 0.4) is 0 Å². The van der Waals surface area contributed by atoms with E-state index in [0.29, 0.717) is 6.54 Å². The smallest absolute Gasteiger partial charge is 0.127 e. The minimum Gasteiger partial charge on any atom is -0.133 e. The predicted molar refractivity (Wildman–Crippen MR) is 78.0 cm³/mol. The summed E-state index contributed by atoms with van der Waals surface area (Å²) >= 11 is 0. The van der Waals surface area contributed by atoms with Crippen molar-refractivity contribution in [3.63, 3.8) is 0 Å². The molecule has 1 aliphatic heterocycles. The number of hydrogen-bond donors (Lipinski definition) is 0. The molecular weight excluding hydrogens is 234 g/mol. The van der Waals surface area contributed by atoms with Crippen molar-refractivity contribution in [1.82, 2.24) is 0 Å². The van der Waals surface area contributed by atoms with E-state index < -0.39 is 0 Å². The van der Waals surface area contributed by atoms with Gasteiger partial charge in [-0.25, -0.2) is 0 Å². The van der Waals surface area contributed by atoms with Crippen LogP contribution >= 0.6 is 0 Å². The van der Waals surface area contributed by atoms with Crippen LogP contribution in [0.5, 0.6) is 0 Å². The molecule has 0 amide bonds. The van der Waals surface area contributed by atoms with Gasteiger partial charge in [0.1, 0.15) is 17.6 Å². The molecule has 0 unspecified atom stereocenters. The van der Waals surface area contributed by atoms with Crippen molar-refractivity contribution in [3.8, 4) is 0 Å². The molecule has 1 heterocycles. The highest BCUT2D eigenvalue weighted by Crippen LogP contribution is 2.44. The van der Waals surface area contributed by atoms with Crippen molar-refractivity contribution < 1.29 is 9.85 Å². The lowest BCUT2D eigenvalue weighted by molar-refractivity contribution is -1.19. The van der Waals surface area contributed by atoms with Gasteiger partial charge in [0.2, 0.25) is 0 Å². The lowest BCUT2D eigenvalue weighted by Crippen LogP contribution is -2.71. The fourth-order valence-corrected chi connectivity index (χ4v) is 3.67. The van der Waals surface area contributed by atoms with Gasteiger partial charge in [-0.05, 0) is 39.7 Å². The van der Waals surface area contributed by atoms with Crippen LogP contribution < -0.4 is 0 Å². The van der Waals surface area contributed by atoms with Crippen LogP contribution in [0.25, 0.3) is 0 Å². The summed E-state index contributed by atoms with van der Waals surface area (Å²) in [5.74, 6) is 0. The standard InChI is InChI=1S/C17H27NO/c1-16(2)12-8-13-17(3,4)18(16,19)14-11-15-9-6-5-7-10-15/h5-7,9-10H,8,11-14H2,1-4H3/q+1. The van der Waals surface area contributed by atoms with Crippen LogP contribution in [0.15, 0.2) is 30.3 Å². The van der Waals surface area contributed by atoms with Gasteiger partial charge in [-0.2, -0.15) is 0 Å². The van der Waals surface area contributed by atoms with E-state index >= 15 is 0 Å². The van der Waals surface area contributed by atoms with Gasteiger partial charge < -0.3 is 0 Å². The van der Waals surface area contributed by atoms with Crippen LogP contribution in [0, 0.1) is 0 Å². The van der Waals surface area contributed by atoms with E-state index in [-0.39, 0.29) is 15.7 Å². The van der Waals surface area contributed by atoms with Crippen molar-refractivity contribution >= 4 is 0 Å². The third-order valence-corrected chi connectivity index (χ3v) is 5.09. The van der Waals surface area contributed by atoms with Crippen molar-refractivity contribution in [1.29, 1.82) is 0 Å². The summed E-state index contributed by atoms with van der Waals surface area (Å²) in [6, 6.07) is 10.4. The van der Waals surface area contributed by atoms with Crippen LogP contribution in [0.2, 0.25) is 0 Å². The molecule has 0 aliphatic carbocycles. The number of rotatable bonds is 3. The lowest BCUT2D eigenvalue weighted by atomic mass is 9.78. The summed E-state index contributed by atoms with van der Waals surface area (Å²) in [4.78, 5) is 0. The molecule has 0 spiro atoms. The van der Waals surface area contributed by atoms with Crippen molar-refractivity contribution in [3.05, 3.63) is 35.9 Å². The molecule has 1 radical (unpaired) electrons. The van der Waals surface area contributed by atoms with Crippen LogP contribution in [0.1, 0.15) is 52.5 Å². The number of hydrogen-bond acceptors (Lipinski definition) is 0. The molecular formula is C17H27NO+. The second-order valence-electron chi connectivity index (χ2n) is 7.18. The van der Waals surface area contributed by atoms with Gasteiger partial charge in [0.15, 0.2) is 0 Å². The summed E-state index contributed by atoms with van der Waals surface area (Å²) < 4.78 is -0.0606. The number of nitrogens with zero attached hydrogens (tertiary/aromatic N) is 1. The first-order chi connectivity index (χ1) is 8.79. The van der Waals surface area contributed by atoms with E-state index in [2.05, 4.69) is 52.0 Å². The zero-order valence-corrected chi connectivity index (χ0v) is 12.8. The summed E-state index contributed by atoms with van der Waals surface area (Å²) in [7, 11) is 0. The molecule has 1 saturated heterocycles. The van der Waals surface area contributed by atoms with E-state index in [0.717, 1.165) is 19.3 Å². The highest BCUT2D eigenvalue weighted by molar-refractivity contribution is 5.14. The fraction of sp³-hybridized carbons (Fsp3) is 0.647. The van der Waals surface area contributed by atoms with Gasteiger partial charge in [-0.15, -0.1) is 4.65 Å². The Kier molecular flexibility index (Phi) is 3.76. The first-order valence-electron chi connectivity index (χ1n) is 7.42. The first kappa shape index (κ1) is 14.5. The van der Waals surface area contributed by atoms with Crippen molar-refractivity contribution in [2.45, 2.75) is 64.5 Å². The van der Waals surface area contributed by atoms with Gasteiger partial charge in [0, 0.05) is 24.5 Å². The molecule has 1 aliphatic rings. The van der Waals surface area contributed by atoms with E-state index in [1.165, 1.54) is 12.0 Å². The van der Waals surface area contributed by atoms with Gasteiger partial charge in [0.05, 0.1) is 0 Å². The average Bonchev–Trinajstić information content (AvgIpc) is 2.35. The second-order valence-corrected chi connectivity index (χ2v) is 7.18. The molecule has 0 N–H and O–H groups in total. The molecule has 0 bridgehead atoms. The molecule has 1 fully saturated rings. The monoisotopic (exact) mass is 261 g/mol. The Hall–Kier alpha value is -0.860. The molecule has 2 nitrogen and oxygen atoms in total. The number of benzene rings is 1. The highest BCUT2D eigenvalue weighted by Gasteiger charge is 2.58. The molecule has 2 heteroatoms. The van der Waals surface area contributed by atoms with Crippen molar-refractivity contribution in [2.24, 2.45) is 0 Å². The third-order valence-electron chi connectivity index (χ3n) is 5.09. The van der Waals surface area contributed by atoms with E-state index in [1.807, 2.05) is 6.07 Å². The second kappa shape index (κ2) is 4.92.